The summed E-state index contributed by atoms with van der Waals surface area (Å²) in [6, 6.07) is 3.55. The van der Waals surface area contributed by atoms with Gasteiger partial charge in [0.1, 0.15) is 4.90 Å². The van der Waals surface area contributed by atoms with Gasteiger partial charge in [0, 0.05) is 45.3 Å². The van der Waals surface area contributed by atoms with Gasteiger partial charge in [-0.05, 0) is 24.1 Å². The Kier molecular flexibility index (Phi) is 5.05. The normalized spacial score (nSPS) is 12.0. The summed E-state index contributed by atoms with van der Waals surface area (Å²) in [4.78, 5) is 4.05. The summed E-state index contributed by atoms with van der Waals surface area (Å²) < 4.78 is 27.7. The molecule has 0 atom stereocenters. The van der Waals surface area contributed by atoms with Crippen molar-refractivity contribution in [1.82, 2.24) is 19.1 Å². The molecule has 2 rings (SSSR count). The molecule has 0 radical (unpaired) electrons. The van der Waals surface area contributed by atoms with Crippen LogP contribution in [0.5, 0.6) is 0 Å². The Balaban J connectivity index is 2.11. The zero-order chi connectivity index (χ0) is 15.3. The van der Waals surface area contributed by atoms with Gasteiger partial charge in [0.25, 0.3) is 0 Å². The Morgan fingerprint density at radius 1 is 1.33 bits per heavy atom. The zero-order valence-electron chi connectivity index (χ0n) is 11.8. The highest BCUT2D eigenvalue weighted by Crippen LogP contribution is 2.15. The molecular formula is C13H18N4O3S. The molecule has 0 fully saturated rings. The highest BCUT2D eigenvalue weighted by molar-refractivity contribution is 7.89. The van der Waals surface area contributed by atoms with Crippen molar-refractivity contribution in [2.45, 2.75) is 24.4 Å². The lowest BCUT2D eigenvalue weighted by atomic mass is 10.3. The third-order valence-corrected chi connectivity index (χ3v) is 4.77. The van der Waals surface area contributed by atoms with Gasteiger partial charge in [-0.3, -0.25) is 9.67 Å². The van der Waals surface area contributed by atoms with Gasteiger partial charge in [-0.2, -0.15) is 9.40 Å². The Labute approximate surface area is 123 Å². The number of aryl methyl sites for hydroxylation is 1. The maximum Gasteiger partial charge on any atom is 0.246 e. The average Bonchev–Trinajstić information content (AvgIpc) is 2.95. The van der Waals surface area contributed by atoms with Crippen molar-refractivity contribution in [2.24, 2.45) is 0 Å². The monoisotopic (exact) mass is 310 g/mol. The summed E-state index contributed by atoms with van der Waals surface area (Å²) in [6.07, 6.45) is 6.60. The smallest absolute Gasteiger partial charge is 0.246 e. The fourth-order valence-electron chi connectivity index (χ4n) is 1.84. The van der Waals surface area contributed by atoms with Crippen LogP contribution in [0.3, 0.4) is 0 Å². The van der Waals surface area contributed by atoms with E-state index < -0.39 is 10.0 Å². The largest absolute Gasteiger partial charge is 0.396 e. The van der Waals surface area contributed by atoms with Gasteiger partial charge in [0.05, 0.1) is 6.20 Å². The molecule has 2 aromatic heterocycles. The SMILES string of the molecule is CN(Cc1ccncc1)S(=O)(=O)c1cnn(CCCO)c1. The van der Waals surface area contributed by atoms with Crippen LogP contribution in [0.25, 0.3) is 0 Å². The van der Waals surface area contributed by atoms with E-state index in [1.165, 1.54) is 28.4 Å². The molecule has 0 aliphatic rings. The minimum atomic E-state index is -3.57. The second kappa shape index (κ2) is 6.79. The third kappa shape index (κ3) is 3.87. The van der Waals surface area contributed by atoms with Crippen molar-refractivity contribution >= 4 is 10.0 Å². The lowest BCUT2D eigenvalue weighted by Gasteiger charge is -2.15. The molecule has 1 N–H and O–H groups in total. The number of rotatable bonds is 7. The first-order valence-corrected chi connectivity index (χ1v) is 7.96. The molecule has 114 valence electrons. The second-order valence-corrected chi connectivity index (χ2v) is 6.68. The standard InChI is InChI=1S/C13H18N4O3S/c1-16(10-12-3-5-14-6-4-12)21(19,20)13-9-15-17(11-13)7-2-8-18/h3-6,9,11,18H,2,7-8,10H2,1H3. The number of aromatic nitrogens is 3. The molecule has 0 saturated carbocycles. The van der Waals surface area contributed by atoms with E-state index >= 15 is 0 Å². The number of hydrogen-bond acceptors (Lipinski definition) is 5. The summed E-state index contributed by atoms with van der Waals surface area (Å²) in [5, 5.41) is 12.8. The molecule has 2 heterocycles. The van der Waals surface area contributed by atoms with Crippen LogP contribution < -0.4 is 0 Å². The van der Waals surface area contributed by atoms with Gasteiger partial charge in [-0.25, -0.2) is 8.42 Å². The first kappa shape index (κ1) is 15.6. The first-order valence-electron chi connectivity index (χ1n) is 6.52. The van der Waals surface area contributed by atoms with E-state index in [4.69, 9.17) is 5.11 Å². The van der Waals surface area contributed by atoms with Gasteiger partial charge in [-0.15, -0.1) is 0 Å². The number of sulfonamides is 1. The van der Waals surface area contributed by atoms with E-state index in [2.05, 4.69) is 10.1 Å². The fraction of sp³-hybridized carbons (Fsp3) is 0.385. The minimum Gasteiger partial charge on any atom is -0.396 e. The zero-order valence-corrected chi connectivity index (χ0v) is 12.6. The molecule has 0 aliphatic carbocycles. The number of pyridine rings is 1. The minimum absolute atomic E-state index is 0.0455. The van der Waals surface area contributed by atoms with Gasteiger partial charge >= 0.3 is 0 Å². The molecule has 21 heavy (non-hydrogen) atoms. The number of nitrogens with zero attached hydrogens (tertiary/aromatic N) is 4. The molecule has 0 spiro atoms. The maximum absolute atomic E-state index is 12.4. The lowest BCUT2D eigenvalue weighted by Crippen LogP contribution is -2.26. The number of aliphatic hydroxyl groups excluding tert-OH is 1. The summed E-state index contributed by atoms with van der Waals surface area (Å²) in [7, 11) is -2.05. The summed E-state index contributed by atoms with van der Waals surface area (Å²) >= 11 is 0. The fourth-order valence-corrected chi connectivity index (χ4v) is 2.96. The molecule has 0 amide bonds. The molecule has 0 aliphatic heterocycles. The molecular weight excluding hydrogens is 292 g/mol. The average molecular weight is 310 g/mol. The van der Waals surface area contributed by atoms with Crippen molar-refractivity contribution in [3.63, 3.8) is 0 Å². The van der Waals surface area contributed by atoms with E-state index in [9.17, 15) is 8.42 Å². The van der Waals surface area contributed by atoms with Crippen molar-refractivity contribution in [3.05, 3.63) is 42.5 Å². The topological polar surface area (TPSA) is 88.3 Å². The molecule has 0 bridgehead atoms. The van der Waals surface area contributed by atoms with Crippen molar-refractivity contribution in [3.8, 4) is 0 Å². The molecule has 7 nitrogen and oxygen atoms in total. The van der Waals surface area contributed by atoms with Crippen LogP contribution in [0.4, 0.5) is 0 Å². The molecule has 0 saturated heterocycles. The molecule has 0 unspecified atom stereocenters. The Morgan fingerprint density at radius 2 is 2.05 bits per heavy atom. The van der Waals surface area contributed by atoms with Crippen LogP contribution in [-0.2, 0) is 23.1 Å². The van der Waals surface area contributed by atoms with Gasteiger partial charge < -0.3 is 5.11 Å². The van der Waals surface area contributed by atoms with Crippen LogP contribution in [0, 0.1) is 0 Å². The van der Waals surface area contributed by atoms with E-state index in [-0.39, 0.29) is 18.0 Å². The maximum atomic E-state index is 12.4. The van der Waals surface area contributed by atoms with E-state index in [0.29, 0.717) is 13.0 Å². The Hall–Kier alpha value is -1.77. The summed E-state index contributed by atoms with van der Waals surface area (Å²) in [5.41, 5.74) is 0.865. The van der Waals surface area contributed by atoms with Gasteiger partial charge in [0.15, 0.2) is 0 Å². The number of hydrogen-bond donors (Lipinski definition) is 1. The predicted molar refractivity (Wildman–Crippen MR) is 76.8 cm³/mol. The van der Waals surface area contributed by atoms with Crippen LogP contribution >= 0.6 is 0 Å². The van der Waals surface area contributed by atoms with E-state index in [1.54, 1.807) is 24.5 Å². The van der Waals surface area contributed by atoms with Crippen LogP contribution in [0.1, 0.15) is 12.0 Å². The van der Waals surface area contributed by atoms with Crippen LogP contribution in [0.15, 0.2) is 41.8 Å². The summed E-state index contributed by atoms with van der Waals surface area (Å²) in [5.74, 6) is 0. The van der Waals surface area contributed by atoms with Crippen LogP contribution in [-0.4, -0.2) is 46.2 Å². The number of aliphatic hydroxyl groups is 1. The van der Waals surface area contributed by atoms with E-state index in [1.807, 2.05) is 0 Å². The highest BCUT2D eigenvalue weighted by atomic mass is 32.2. The Morgan fingerprint density at radius 3 is 2.71 bits per heavy atom. The quantitative estimate of drug-likeness (QED) is 0.803. The van der Waals surface area contributed by atoms with Crippen molar-refractivity contribution in [1.29, 1.82) is 0 Å². The molecule has 8 heteroatoms. The third-order valence-electron chi connectivity index (χ3n) is 3.02. The highest BCUT2D eigenvalue weighted by Gasteiger charge is 2.22. The molecule has 0 aromatic carbocycles. The molecule has 2 aromatic rings. The second-order valence-electron chi connectivity index (χ2n) is 4.63. The van der Waals surface area contributed by atoms with Crippen LogP contribution in [0.2, 0.25) is 0 Å². The van der Waals surface area contributed by atoms with Crippen molar-refractivity contribution in [2.75, 3.05) is 13.7 Å². The Bertz CT molecular complexity index is 670. The van der Waals surface area contributed by atoms with Crippen molar-refractivity contribution < 1.29 is 13.5 Å². The van der Waals surface area contributed by atoms with E-state index in [0.717, 1.165) is 5.56 Å². The van der Waals surface area contributed by atoms with Gasteiger partial charge in [-0.1, -0.05) is 0 Å². The van der Waals surface area contributed by atoms with Gasteiger partial charge in [0.2, 0.25) is 10.0 Å². The summed E-state index contributed by atoms with van der Waals surface area (Å²) in [6.45, 7) is 0.802. The first-order chi connectivity index (χ1) is 10.0. The predicted octanol–water partition coefficient (Wildman–Crippen LogP) is 0.481. The lowest BCUT2D eigenvalue weighted by molar-refractivity contribution is 0.277.